The minimum atomic E-state index is -0.773. The second-order valence-electron chi connectivity index (χ2n) is 6.65. The van der Waals surface area contributed by atoms with Gasteiger partial charge in [-0.05, 0) is 37.9 Å². The fourth-order valence-electron chi connectivity index (χ4n) is 2.77. The number of hydrogen-bond acceptors (Lipinski definition) is 4. The van der Waals surface area contributed by atoms with Crippen LogP contribution in [-0.2, 0) is 9.59 Å². The predicted octanol–water partition coefficient (Wildman–Crippen LogP) is 1.35. The van der Waals surface area contributed by atoms with Crippen molar-refractivity contribution in [1.82, 2.24) is 15.5 Å². The zero-order valence-electron chi connectivity index (χ0n) is 13.5. The number of urea groups is 1. The molecule has 2 saturated heterocycles. The number of nitrogens with zero attached hydrogens (tertiary/aromatic N) is 1. The van der Waals surface area contributed by atoms with E-state index < -0.39 is 11.6 Å². The summed E-state index contributed by atoms with van der Waals surface area (Å²) in [4.78, 5) is 37.5. The minimum Gasteiger partial charge on any atom is -0.352 e. The van der Waals surface area contributed by atoms with Gasteiger partial charge in [0.15, 0.2) is 0 Å². The van der Waals surface area contributed by atoms with Crippen molar-refractivity contribution in [2.45, 2.75) is 51.6 Å². The van der Waals surface area contributed by atoms with E-state index in [0.29, 0.717) is 18.1 Å². The molecule has 4 amide bonds. The average molecular weight is 327 g/mol. The summed E-state index contributed by atoms with van der Waals surface area (Å²) in [6.45, 7) is 6.03. The molecule has 2 fully saturated rings. The van der Waals surface area contributed by atoms with Gasteiger partial charge in [-0.25, -0.2) is 4.79 Å². The number of rotatable bonds is 6. The molecule has 1 spiro atoms. The Hall–Kier alpha value is -1.24. The van der Waals surface area contributed by atoms with Gasteiger partial charge in [0.1, 0.15) is 12.1 Å². The van der Waals surface area contributed by atoms with Crippen LogP contribution in [-0.4, -0.2) is 52.4 Å². The zero-order chi connectivity index (χ0) is 16.3. The number of thioether (sulfide) groups is 1. The number of carbonyl (C=O) groups is 3. The Morgan fingerprint density at radius 2 is 2.09 bits per heavy atom. The Morgan fingerprint density at radius 3 is 2.68 bits per heavy atom. The summed E-state index contributed by atoms with van der Waals surface area (Å²) in [5.41, 5.74) is -0.773. The molecule has 0 bridgehead atoms. The smallest absolute Gasteiger partial charge is 0.325 e. The standard InChI is InChI=1S/C15H25N3O3S/c1-10(2)4-5-11(3)16-12(19)8-18-13(20)15(17-14(18)21)6-7-22-9-15/h10-11H,4-9H2,1-3H3,(H,16,19)(H,17,21)/t11-,15+/m0/s1. The number of hydrogen-bond donors (Lipinski definition) is 2. The van der Waals surface area contributed by atoms with Crippen LogP contribution in [0.4, 0.5) is 4.79 Å². The number of carbonyl (C=O) groups excluding carboxylic acids is 3. The summed E-state index contributed by atoms with van der Waals surface area (Å²) in [6.07, 6.45) is 2.57. The molecule has 0 unspecified atom stereocenters. The highest BCUT2D eigenvalue weighted by Crippen LogP contribution is 2.33. The lowest BCUT2D eigenvalue weighted by atomic mass is 9.99. The van der Waals surface area contributed by atoms with Crippen molar-refractivity contribution in [3.05, 3.63) is 0 Å². The largest absolute Gasteiger partial charge is 0.352 e. The molecular weight excluding hydrogens is 302 g/mol. The second-order valence-corrected chi connectivity index (χ2v) is 7.75. The van der Waals surface area contributed by atoms with Gasteiger partial charge in [0.2, 0.25) is 5.91 Å². The van der Waals surface area contributed by atoms with Gasteiger partial charge in [0, 0.05) is 11.8 Å². The van der Waals surface area contributed by atoms with Gasteiger partial charge in [0.25, 0.3) is 5.91 Å². The first-order chi connectivity index (χ1) is 10.3. The Morgan fingerprint density at radius 1 is 1.36 bits per heavy atom. The van der Waals surface area contributed by atoms with Crippen LogP contribution in [0.2, 0.25) is 0 Å². The molecule has 2 rings (SSSR count). The van der Waals surface area contributed by atoms with Gasteiger partial charge in [-0.1, -0.05) is 13.8 Å². The maximum atomic E-state index is 12.4. The van der Waals surface area contributed by atoms with Crippen molar-refractivity contribution in [2.75, 3.05) is 18.1 Å². The van der Waals surface area contributed by atoms with E-state index in [1.165, 1.54) is 0 Å². The molecule has 22 heavy (non-hydrogen) atoms. The molecule has 2 heterocycles. The monoisotopic (exact) mass is 327 g/mol. The van der Waals surface area contributed by atoms with Crippen LogP contribution in [0.1, 0.15) is 40.0 Å². The van der Waals surface area contributed by atoms with Gasteiger partial charge in [-0.15, -0.1) is 0 Å². The summed E-state index contributed by atoms with van der Waals surface area (Å²) in [5.74, 6) is 1.51. The molecule has 0 saturated carbocycles. The highest BCUT2D eigenvalue weighted by molar-refractivity contribution is 7.99. The van der Waals surface area contributed by atoms with Crippen LogP contribution in [0.3, 0.4) is 0 Å². The molecule has 2 aliphatic heterocycles. The fraction of sp³-hybridized carbons (Fsp3) is 0.800. The van der Waals surface area contributed by atoms with Crippen LogP contribution in [0.5, 0.6) is 0 Å². The van der Waals surface area contributed by atoms with E-state index in [1.807, 2.05) is 6.92 Å². The highest BCUT2D eigenvalue weighted by atomic mass is 32.2. The van der Waals surface area contributed by atoms with Crippen LogP contribution < -0.4 is 10.6 Å². The Balaban J connectivity index is 1.86. The molecule has 2 aliphatic rings. The van der Waals surface area contributed by atoms with Crippen molar-refractivity contribution in [3.8, 4) is 0 Å². The van der Waals surface area contributed by atoms with Crippen molar-refractivity contribution < 1.29 is 14.4 Å². The highest BCUT2D eigenvalue weighted by Gasteiger charge is 2.53. The fourth-order valence-corrected chi connectivity index (χ4v) is 4.10. The van der Waals surface area contributed by atoms with Gasteiger partial charge in [0.05, 0.1) is 0 Å². The Labute approximate surface area is 135 Å². The van der Waals surface area contributed by atoms with Gasteiger partial charge >= 0.3 is 6.03 Å². The first kappa shape index (κ1) is 17.1. The quantitative estimate of drug-likeness (QED) is 0.722. The van der Waals surface area contributed by atoms with Gasteiger partial charge < -0.3 is 10.6 Å². The van der Waals surface area contributed by atoms with E-state index in [-0.39, 0.29) is 24.4 Å². The van der Waals surface area contributed by atoms with E-state index in [1.54, 1.807) is 11.8 Å². The maximum Gasteiger partial charge on any atom is 0.325 e. The molecular formula is C15H25N3O3S. The Bertz CT molecular complexity index is 461. The molecule has 0 radical (unpaired) electrons. The summed E-state index contributed by atoms with van der Waals surface area (Å²) >= 11 is 1.65. The van der Waals surface area contributed by atoms with Gasteiger partial charge in [-0.3, -0.25) is 14.5 Å². The second kappa shape index (κ2) is 6.89. The average Bonchev–Trinajstić information content (AvgIpc) is 2.98. The molecule has 7 heteroatoms. The van der Waals surface area contributed by atoms with Crippen molar-refractivity contribution in [2.24, 2.45) is 5.92 Å². The molecule has 0 aromatic carbocycles. The molecule has 2 N–H and O–H groups in total. The van der Waals surface area contributed by atoms with E-state index >= 15 is 0 Å². The summed E-state index contributed by atoms with van der Waals surface area (Å²) in [7, 11) is 0. The van der Waals surface area contributed by atoms with Crippen molar-refractivity contribution in [1.29, 1.82) is 0 Å². The minimum absolute atomic E-state index is 0.0478. The predicted molar refractivity (Wildman–Crippen MR) is 86.6 cm³/mol. The number of imide groups is 1. The van der Waals surface area contributed by atoms with E-state index in [4.69, 9.17) is 0 Å². The van der Waals surface area contributed by atoms with Crippen molar-refractivity contribution >= 4 is 29.6 Å². The van der Waals surface area contributed by atoms with Gasteiger partial charge in [-0.2, -0.15) is 11.8 Å². The number of amides is 4. The summed E-state index contributed by atoms with van der Waals surface area (Å²) in [5, 5.41) is 5.63. The van der Waals surface area contributed by atoms with Crippen LogP contribution in [0.15, 0.2) is 0 Å². The normalized spacial score (nSPS) is 25.9. The van der Waals surface area contributed by atoms with Crippen molar-refractivity contribution in [3.63, 3.8) is 0 Å². The zero-order valence-corrected chi connectivity index (χ0v) is 14.3. The first-order valence-corrected chi connectivity index (χ1v) is 9.01. The lowest BCUT2D eigenvalue weighted by Gasteiger charge is -2.20. The molecule has 0 aliphatic carbocycles. The molecule has 0 aromatic rings. The lowest BCUT2D eigenvalue weighted by Crippen LogP contribution is -2.48. The third kappa shape index (κ3) is 3.74. The molecule has 0 aromatic heterocycles. The van der Waals surface area contributed by atoms with Crippen LogP contribution in [0, 0.1) is 5.92 Å². The maximum absolute atomic E-state index is 12.4. The van der Waals surface area contributed by atoms with Crippen LogP contribution >= 0.6 is 11.8 Å². The van der Waals surface area contributed by atoms with E-state index in [2.05, 4.69) is 24.5 Å². The third-order valence-corrected chi connectivity index (χ3v) is 5.34. The van der Waals surface area contributed by atoms with E-state index in [9.17, 15) is 14.4 Å². The number of nitrogens with one attached hydrogen (secondary N) is 2. The molecule has 2 atom stereocenters. The first-order valence-electron chi connectivity index (χ1n) is 7.85. The SMILES string of the molecule is CC(C)CC[C@H](C)NC(=O)CN1C(=O)N[C@@]2(CCSC2)C1=O. The molecule has 124 valence electrons. The molecule has 6 nitrogen and oxygen atoms in total. The van der Waals surface area contributed by atoms with Crippen LogP contribution in [0.25, 0.3) is 0 Å². The van der Waals surface area contributed by atoms with E-state index in [0.717, 1.165) is 23.5 Å². The summed E-state index contributed by atoms with van der Waals surface area (Å²) < 4.78 is 0. The topological polar surface area (TPSA) is 78.5 Å². The Kier molecular flexibility index (Phi) is 5.36. The summed E-state index contributed by atoms with van der Waals surface area (Å²) in [6, 6.07) is -0.399. The third-order valence-electron chi connectivity index (χ3n) is 4.15. The lowest BCUT2D eigenvalue weighted by molar-refractivity contribution is -0.134.